The first-order valence-electron chi connectivity index (χ1n) is 11.1. The number of hydrogen-bond donors (Lipinski definition) is 2. The molecule has 4 rings (SSSR count). The van der Waals surface area contributed by atoms with E-state index in [-0.39, 0.29) is 17.0 Å². The molecular weight excluding hydrogens is 481 g/mol. The highest BCUT2D eigenvalue weighted by Crippen LogP contribution is 2.26. The van der Waals surface area contributed by atoms with Crippen molar-refractivity contribution < 1.29 is 4.79 Å². The van der Waals surface area contributed by atoms with Gasteiger partial charge in [0.25, 0.3) is 0 Å². The van der Waals surface area contributed by atoms with E-state index in [0.717, 1.165) is 17.7 Å². The topological polar surface area (TPSA) is 82.7 Å². The van der Waals surface area contributed by atoms with Crippen molar-refractivity contribution in [1.29, 1.82) is 5.26 Å². The standard InChI is InChI=1S/C27H23Cl2N5O/c1-18-3-5-19(6-4-18)26(35)25-24(17-30)27(34(33-25)23-13-9-21(29)10-14-23)32-16-2-15-31-22-11-7-20(28)8-12-22/h3-14,31-32H,2,15-16H2,1H3. The Kier molecular flexibility index (Phi) is 7.71. The van der Waals surface area contributed by atoms with Crippen LogP contribution in [0.5, 0.6) is 0 Å². The largest absolute Gasteiger partial charge is 0.385 e. The van der Waals surface area contributed by atoms with E-state index in [2.05, 4.69) is 21.8 Å². The van der Waals surface area contributed by atoms with E-state index in [4.69, 9.17) is 23.2 Å². The number of benzene rings is 3. The van der Waals surface area contributed by atoms with Gasteiger partial charge in [-0.05, 0) is 61.9 Å². The molecule has 0 amide bonds. The third-order valence-corrected chi connectivity index (χ3v) is 5.92. The number of aryl methyl sites for hydroxylation is 1. The van der Waals surface area contributed by atoms with Gasteiger partial charge in [0.2, 0.25) is 5.78 Å². The molecule has 0 atom stereocenters. The highest BCUT2D eigenvalue weighted by Gasteiger charge is 2.25. The van der Waals surface area contributed by atoms with Crippen molar-refractivity contribution >= 4 is 40.5 Å². The molecule has 1 heterocycles. The summed E-state index contributed by atoms with van der Waals surface area (Å²) < 4.78 is 1.59. The third-order valence-electron chi connectivity index (χ3n) is 5.42. The second kappa shape index (κ2) is 11.1. The molecule has 4 aromatic rings. The van der Waals surface area contributed by atoms with Gasteiger partial charge in [-0.25, -0.2) is 4.68 Å². The first-order chi connectivity index (χ1) is 17.0. The Balaban J connectivity index is 1.57. The smallest absolute Gasteiger partial charge is 0.214 e. The van der Waals surface area contributed by atoms with Gasteiger partial charge in [0.05, 0.1) is 5.69 Å². The molecule has 0 unspecified atom stereocenters. The molecule has 6 nitrogen and oxygen atoms in total. The van der Waals surface area contributed by atoms with Crippen molar-refractivity contribution in [2.24, 2.45) is 0 Å². The second-order valence-corrected chi connectivity index (χ2v) is 8.85. The zero-order valence-electron chi connectivity index (χ0n) is 19.1. The number of aromatic nitrogens is 2. The molecule has 0 saturated carbocycles. The van der Waals surface area contributed by atoms with Crippen LogP contribution in [0, 0.1) is 18.3 Å². The Hall–Kier alpha value is -3.79. The summed E-state index contributed by atoms with van der Waals surface area (Å²) in [4.78, 5) is 13.3. The lowest BCUT2D eigenvalue weighted by atomic mass is 10.0. The van der Waals surface area contributed by atoms with E-state index in [1.165, 1.54) is 0 Å². The number of carbonyl (C=O) groups is 1. The number of nitrogens with zero attached hydrogens (tertiary/aromatic N) is 3. The lowest BCUT2D eigenvalue weighted by Gasteiger charge is -2.11. The zero-order valence-corrected chi connectivity index (χ0v) is 20.6. The number of anilines is 2. The van der Waals surface area contributed by atoms with Crippen molar-refractivity contribution in [2.75, 3.05) is 23.7 Å². The summed E-state index contributed by atoms with van der Waals surface area (Å²) in [5.41, 5.74) is 3.50. The number of halogens is 2. The number of carbonyl (C=O) groups excluding carboxylic acids is 1. The Morgan fingerprint density at radius 3 is 2.14 bits per heavy atom. The SMILES string of the molecule is Cc1ccc(C(=O)c2nn(-c3ccc(Cl)cc3)c(NCCCNc3ccc(Cl)cc3)c2C#N)cc1. The second-order valence-electron chi connectivity index (χ2n) is 7.98. The van der Waals surface area contributed by atoms with Crippen molar-refractivity contribution in [3.63, 3.8) is 0 Å². The van der Waals surface area contributed by atoms with E-state index in [9.17, 15) is 10.1 Å². The summed E-state index contributed by atoms with van der Waals surface area (Å²) in [6.07, 6.45) is 0.764. The molecular formula is C27H23Cl2N5O. The van der Waals surface area contributed by atoms with Crippen molar-refractivity contribution in [2.45, 2.75) is 13.3 Å². The van der Waals surface area contributed by atoms with E-state index >= 15 is 0 Å². The number of hydrogen-bond acceptors (Lipinski definition) is 5. The summed E-state index contributed by atoms with van der Waals surface area (Å²) in [5.74, 6) is 0.165. The fourth-order valence-electron chi connectivity index (χ4n) is 3.55. The van der Waals surface area contributed by atoms with Gasteiger partial charge < -0.3 is 10.6 Å². The molecule has 176 valence electrons. The molecule has 3 aromatic carbocycles. The Morgan fingerprint density at radius 1 is 0.914 bits per heavy atom. The highest BCUT2D eigenvalue weighted by atomic mass is 35.5. The summed E-state index contributed by atoms with van der Waals surface area (Å²) in [7, 11) is 0. The van der Waals surface area contributed by atoms with Gasteiger partial charge in [-0.2, -0.15) is 10.4 Å². The minimum absolute atomic E-state index is 0.105. The molecule has 0 radical (unpaired) electrons. The number of nitriles is 1. The summed E-state index contributed by atoms with van der Waals surface area (Å²) >= 11 is 12.0. The number of rotatable bonds is 9. The van der Waals surface area contributed by atoms with Crippen LogP contribution in [-0.4, -0.2) is 28.7 Å². The van der Waals surface area contributed by atoms with Crippen LogP contribution in [0.4, 0.5) is 11.5 Å². The minimum atomic E-state index is -0.304. The Bertz CT molecular complexity index is 1360. The maximum atomic E-state index is 13.3. The van der Waals surface area contributed by atoms with Crippen LogP contribution in [0.25, 0.3) is 5.69 Å². The minimum Gasteiger partial charge on any atom is -0.385 e. The molecule has 0 saturated heterocycles. The molecule has 0 bridgehead atoms. The maximum Gasteiger partial charge on any atom is 0.214 e. The first kappa shape index (κ1) is 24.3. The molecule has 8 heteroatoms. The predicted molar refractivity (Wildman–Crippen MR) is 141 cm³/mol. The van der Waals surface area contributed by atoms with E-state index in [0.29, 0.717) is 40.2 Å². The predicted octanol–water partition coefficient (Wildman–Crippen LogP) is 6.50. The Labute approximate surface area is 214 Å². The summed E-state index contributed by atoms with van der Waals surface area (Å²) in [6.45, 7) is 3.22. The lowest BCUT2D eigenvalue weighted by Crippen LogP contribution is -2.12. The summed E-state index contributed by atoms with van der Waals surface area (Å²) in [6, 6.07) is 24.0. The van der Waals surface area contributed by atoms with Gasteiger partial charge in [0, 0.05) is 34.4 Å². The van der Waals surface area contributed by atoms with E-state index in [1.54, 1.807) is 41.1 Å². The average Bonchev–Trinajstić information content (AvgIpc) is 3.24. The normalized spacial score (nSPS) is 10.6. The number of ketones is 1. The number of nitrogens with one attached hydrogen (secondary N) is 2. The van der Waals surface area contributed by atoms with Crippen LogP contribution in [0.2, 0.25) is 10.0 Å². The van der Waals surface area contributed by atoms with E-state index < -0.39 is 0 Å². The van der Waals surface area contributed by atoms with Crippen LogP contribution >= 0.6 is 23.2 Å². The van der Waals surface area contributed by atoms with Crippen LogP contribution in [0.3, 0.4) is 0 Å². The highest BCUT2D eigenvalue weighted by molar-refractivity contribution is 6.30. The van der Waals surface area contributed by atoms with Gasteiger partial charge in [0.15, 0.2) is 5.69 Å². The molecule has 1 aromatic heterocycles. The van der Waals surface area contributed by atoms with Crippen LogP contribution in [0.1, 0.15) is 33.6 Å². The van der Waals surface area contributed by atoms with Gasteiger partial charge in [-0.15, -0.1) is 0 Å². The average molecular weight is 504 g/mol. The van der Waals surface area contributed by atoms with E-state index in [1.807, 2.05) is 43.3 Å². The molecule has 0 fully saturated rings. The Morgan fingerprint density at radius 2 is 1.51 bits per heavy atom. The van der Waals surface area contributed by atoms with Gasteiger partial charge in [0.1, 0.15) is 17.5 Å². The molecule has 0 aliphatic carbocycles. The van der Waals surface area contributed by atoms with Gasteiger partial charge >= 0.3 is 0 Å². The van der Waals surface area contributed by atoms with Gasteiger partial charge in [-0.3, -0.25) is 4.79 Å². The van der Waals surface area contributed by atoms with Crippen molar-refractivity contribution in [3.8, 4) is 11.8 Å². The molecule has 0 spiro atoms. The molecule has 0 aliphatic rings. The van der Waals surface area contributed by atoms with Crippen LogP contribution in [-0.2, 0) is 0 Å². The third kappa shape index (κ3) is 5.83. The monoisotopic (exact) mass is 503 g/mol. The van der Waals surface area contributed by atoms with Crippen molar-refractivity contribution in [3.05, 3.63) is 105 Å². The molecule has 0 aliphatic heterocycles. The molecule has 35 heavy (non-hydrogen) atoms. The molecule has 2 N–H and O–H groups in total. The first-order valence-corrected chi connectivity index (χ1v) is 11.9. The lowest BCUT2D eigenvalue weighted by molar-refractivity contribution is 0.103. The van der Waals surface area contributed by atoms with Crippen molar-refractivity contribution in [1.82, 2.24) is 9.78 Å². The van der Waals surface area contributed by atoms with Gasteiger partial charge in [-0.1, -0.05) is 53.0 Å². The van der Waals surface area contributed by atoms with Crippen LogP contribution < -0.4 is 10.6 Å². The summed E-state index contributed by atoms with van der Waals surface area (Å²) in [5, 5.41) is 22.4. The quantitative estimate of drug-likeness (QED) is 0.201. The van der Waals surface area contributed by atoms with Crippen LogP contribution in [0.15, 0.2) is 72.8 Å². The maximum absolute atomic E-state index is 13.3. The zero-order chi connectivity index (χ0) is 24.8. The fraction of sp³-hybridized carbons (Fsp3) is 0.148. The fourth-order valence-corrected chi connectivity index (χ4v) is 3.80.